The average Bonchev–Trinajstić information content (AvgIpc) is 2.66. The minimum atomic E-state index is 0.0824. The molecule has 3 heterocycles. The third-order valence-electron chi connectivity index (χ3n) is 3.53. The molecule has 0 bridgehead atoms. The molecular weight excluding hydrogens is 284 g/mol. The van der Waals surface area contributed by atoms with E-state index in [2.05, 4.69) is 31.2 Å². The third kappa shape index (κ3) is 2.11. The van der Waals surface area contributed by atoms with Crippen LogP contribution in [-0.4, -0.2) is 46.3 Å². The zero-order valence-electron chi connectivity index (χ0n) is 9.47. The summed E-state index contributed by atoms with van der Waals surface area (Å²) in [6.45, 7) is 2.68. The van der Waals surface area contributed by atoms with E-state index in [4.69, 9.17) is 0 Å². The molecule has 1 aromatic heterocycles. The van der Waals surface area contributed by atoms with Crippen LogP contribution in [0.5, 0.6) is 0 Å². The minimum absolute atomic E-state index is 0.0824. The molecule has 0 aliphatic carbocycles. The molecular formula is C11H15BrN4O. The summed E-state index contributed by atoms with van der Waals surface area (Å²) in [6.07, 6.45) is 5.87. The maximum Gasteiger partial charge on any atom is 0.237 e. The number of aromatic nitrogens is 2. The summed E-state index contributed by atoms with van der Waals surface area (Å²) in [7, 11) is 0. The first-order valence-corrected chi connectivity index (χ1v) is 6.75. The van der Waals surface area contributed by atoms with Crippen molar-refractivity contribution in [2.24, 2.45) is 0 Å². The Labute approximate surface area is 108 Å². The molecule has 1 amide bonds. The van der Waals surface area contributed by atoms with E-state index in [1.54, 1.807) is 6.20 Å². The maximum atomic E-state index is 11.7. The van der Waals surface area contributed by atoms with E-state index in [0.29, 0.717) is 6.04 Å². The third-order valence-corrected chi connectivity index (χ3v) is 3.94. The van der Waals surface area contributed by atoms with Gasteiger partial charge in [-0.15, -0.1) is 0 Å². The van der Waals surface area contributed by atoms with Crippen LogP contribution in [0.2, 0.25) is 0 Å². The minimum Gasteiger partial charge on any atom is -0.355 e. The summed E-state index contributed by atoms with van der Waals surface area (Å²) < 4.78 is 2.98. The second-order valence-corrected chi connectivity index (χ2v) is 5.61. The highest BCUT2D eigenvalue weighted by Gasteiger charge is 2.37. The lowest BCUT2D eigenvalue weighted by Gasteiger charge is -2.44. The highest BCUT2D eigenvalue weighted by Crippen LogP contribution is 2.26. The molecule has 0 spiro atoms. The smallest absolute Gasteiger partial charge is 0.237 e. The number of rotatable bonds is 2. The van der Waals surface area contributed by atoms with Gasteiger partial charge in [0.2, 0.25) is 5.91 Å². The van der Waals surface area contributed by atoms with Crippen molar-refractivity contribution in [2.75, 3.05) is 19.6 Å². The van der Waals surface area contributed by atoms with Gasteiger partial charge in [-0.1, -0.05) is 0 Å². The Balaban J connectivity index is 1.59. The zero-order valence-corrected chi connectivity index (χ0v) is 11.1. The summed E-state index contributed by atoms with van der Waals surface area (Å²) in [4.78, 5) is 13.9. The van der Waals surface area contributed by atoms with E-state index in [0.717, 1.165) is 36.9 Å². The molecule has 92 valence electrons. The number of hydrogen-bond donors (Lipinski definition) is 1. The average molecular weight is 299 g/mol. The van der Waals surface area contributed by atoms with Gasteiger partial charge in [0.1, 0.15) is 0 Å². The Morgan fingerprint density at radius 2 is 2.29 bits per heavy atom. The largest absolute Gasteiger partial charge is 0.355 e. The number of piperidine rings is 1. The highest BCUT2D eigenvalue weighted by atomic mass is 79.9. The zero-order chi connectivity index (χ0) is 11.8. The molecule has 2 aliphatic heterocycles. The molecule has 0 saturated carbocycles. The fourth-order valence-corrected chi connectivity index (χ4v) is 2.83. The fourth-order valence-electron chi connectivity index (χ4n) is 2.53. The second-order valence-electron chi connectivity index (χ2n) is 4.70. The standard InChI is InChI=1S/C11H15BrN4O/c12-8-4-14-16(5-8)9-6-15(7-9)10-2-1-3-13-11(10)17/h4-5,9-10H,1-3,6-7H2,(H,13,17). The molecule has 1 atom stereocenters. The SMILES string of the molecule is O=C1NCCCC1N1CC(n2cc(Br)cn2)C1. The van der Waals surface area contributed by atoms with Crippen molar-refractivity contribution in [1.29, 1.82) is 0 Å². The Kier molecular flexibility index (Phi) is 2.92. The van der Waals surface area contributed by atoms with Crippen LogP contribution in [0.4, 0.5) is 0 Å². The van der Waals surface area contributed by atoms with Crippen LogP contribution >= 0.6 is 15.9 Å². The summed E-state index contributed by atoms with van der Waals surface area (Å²) in [5.74, 6) is 0.191. The summed E-state index contributed by atoms with van der Waals surface area (Å²) in [5, 5.41) is 7.21. The first-order chi connectivity index (χ1) is 8.24. The molecule has 6 heteroatoms. The number of amides is 1. The summed E-state index contributed by atoms with van der Waals surface area (Å²) >= 11 is 3.39. The first kappa shape index (κ1) is 11.2. The van der Waals surface area contributed by atoms with Gasteiger partial charge in [-0.3, -0.25) is 14.4 Å². The van der Waals surface area contributed by atoms with Crippen LogP contribution in [0.1, 0.15) is 18.9 Å². The summed E-state index contributed by atoms with van der Waals surface area (Å²) in [6, 6.07) is 0.495. The van der Waals surface area contributed by atoms with Crippen LogP contribution in [0.15, 0.2) is 16.9 Å². The monoisotopic (exact) mass is 298 g/mol. The van der Waals surface area contributed by atoms with Crippen LogP contribution in [0.3, 0.4) is 0 Å². The quantitative estimate of drug-likeness (QED) is 0.878. The van der Waals surface area contributed by atoms with Gasteiger partial charge in [-0.2, -0.15) is 5.10 Å². The number of halogens is 1. The van der Waals surface area contributed by atoms with Gasteiger partial charge in [-0.05, 0) is 28.8 Å². The number of nitrogens with one attached hydrogen (secondary N) is 1. The molecule has 2 saturated heterocycles. The van der Waals surface area contributed by atoms with E-state index in [9.17, 15) is 4.79 Å². The molecule has 5 nitrogen and oxygen atoms in total. The molecule has 0 radical (unpaired) electrons. The fraction of sp³-hybridized carbons (Fsp3) is 0.636. The molecule has 2 fully saturated rings. The van der Waals surface area contributed by atoms with Crippen LogP contribution in [-0.2, 0) is 4.79 Å². The van der Waals surface area contributed by atoms with Crippen molar-refractivity contribution in [3.8, 4) is 0 Å². The molecule has 2 aliphatic rings. The van der Waals surface area contributed by atoms with E-state index < -0.39 is 0 Å². The molecule has 1 aromatic rings. The van der Waals surface area contributed by atoms with Crippen molar-refractivity contribution < 1.29 is 4.79 Å². The van der Waals surface area contributed by atoms with E-state index >= 15 is 0 Å². The van der Waals surface area contributed by atoms with E-state index in [1.807, 2.05) is 10.9 Å². The van der Waals surface area contributed by atoms with Crippen molar-refractivity contribution in [1.82, 2.24) is 20.0 Å². The van der Waals surface area contributed by atoms with Crippen molar-refractivity contribution in [2.45, 2.75) is 24.9 Å². The van der Waals surface area contributed by atoms with Gasteiger partial charge in [-0.25, -0.2) is 0 Å². The Bertz CT molecular complexity index is 427. The maximum absolute atomic E-state index is 11.7. The van der Waals surface area contributed by atoms with E-state index in [1.165, 1.54) is 0 Å². The van der Waals surface area contributed by atoms with Gasteiger partial charge >= 0.3 is 0 Å². The van der Waals surface area contributed by atoms with Crippen molar-refractivity contribution in [3.63, 3.8) is 0 Å². The van der Waals surface area contributed by atoms with Gasteiger partial charge in [0, 0.05) is 25.8 Å². The number of carbonyl (C=O) groups excluding carboxylic acids is 1. The highest BCUT2D eigenvalue weighted by molar-refractivity contribution is 9.10. The molecule has 0 aromatic carbocycles. The van der Waals surface area contributed by atoms with Gasteiger partial charge in [0.15, 0.2) is 0 Å². The van der Waals surface area contributed by atoms with Gasteiger partial charge in [0.05, 0.1) is 22.8 Å². The Morgan fingerprint density at radius 1 is 1.47 bits per heavy atom. The summed E-state index contributed by atoms with van der Waals surface area (Å²) in [5.41, 5.74) is 0. The molecule has 17 heavy (non-hydrogen) atoms. The second kappa shape index (κ2) is 4.42. The first-order valence-electron chi connectivity index (χ1n) is 5.95. The van der Waals surface area contributed by atoms with Crippen molar-refractivity contribution >= 4 is 21.8 Å². The number of nitrogens with zero attached hydrogens (tertiary/aromatic N) is 3. The van der Waals surface area contributed by atoms with Crippen LogP contribution in [0, 0.1) is 0 Å². The van der Waals surface area contributed by atoms with Crippen LogP contribution in [0.25, 0.3) is 0 Å². The van der Waals surface area contributed by atoms with E-state index in [-0.39, 0.29) is 11.9 Å². The van der Waals surface area contributed by atoms with Crippen LogP contribution < -0.4 is 5.32 Å². The van der Waals surface area contributed by atoms with Crippen molar-refractivity contribution in [3.05, 3.63) is 16.9 Å². The Morgan fingerprint density at radius 3 is 2.94 bits per heavy atom. The van der Waals surface area contributed by atoms with Gasteiger partial charge in [0.25, 0.3) is 0 Å². The number of carbonyl (C=O) groups is 1. The predicted molar refractivity (Wildman–Crippen MR) is 66.6 cm³/mol. The predicted octanol–water partition coefficient (Wildman–Crippen LogP) is 0.781. The van der Waals surface area contributed by atoms with Gasteiger partial charge < -0.3 is 5.32 Å². The molecule has 3 rings (SSSR count). The number of likely N-dealkylation sites (tertiary alicyclic amines) is 1. The normalized spacial score (nSPS) is 26.6. The topological polar surface area (TPSA) is 50.2 Å². The lowest BCUT2D eigenvalue weighted by atomic mass is 9.99. The molecule has 1 unspecified atom stereocenters. The number of hydrogen-bond acceptors (Lipinski definition) is 3. The molecule has 1 N–H and O–H groups in total. The lowest BCUT2D eigenvalue weighted by molar-refractivity contribution is -0.131. The lowest BCUT2D eigenvalue weighted by Crippen LogP contribution is -2.59. The Hall–Kier alpha value is -0.880.